The van der Waals surface area contributed by atoms with E-state index in [1.165, 1.54) is 13.3 Å². The fourth-order valence-corrected chi connectivity index (χ4v) is 3.19. The smallest absolute Gasteiger partial charge is 0.274 e. The minimum absolute atomic E-state index is 0.0501. The first-order valence-corrected chi connectivity index (χ1v) is 7.60. The quantitative estimate of drug-likeness (QED) is 0.825. The molecule has 8 heteroatoms. The lowest BCUT2D eigenvalue weighted by Crippen LogP contribution is -2.62. The second-order valence-corrected chi connectivity index (χ2v) is 6.25. The number of hydrogen-bond donors (Lipinski definition) is 0. The fourth-order valence-electron chi connectivity index (χ4n) is 3.19. The van der Waals surface area contributed by atoms with Gasteiger partial charge < -0.3 is 9.64 Å². The van der Waals surface area contributed by atoms with E-state index in [0.717, 1.165) is 5.69 Å². The third-order valence-corrected chi connectivity index (χ3v) is 4.39. The van der Waals surface area contributed by atoms with E-state index in [1.807, 2.05) is 0 Å². The van der Waals surface area contributed by atoms with Crippen molar-refractivity contribution < 1.29 is 18.3 Å². The normalized spacial score (nSPS) is 24.7. The summed E-state index contributed by atoms with van der Waals surface area (Å²) >= 11 is 0. The number of carbonyl (C=O) groups is 1. The SMILES string of the molecule is COC[C@@H]1CC(F)(F)CN1C1CN(C(=O)c2cnc(C)cn2)C1. The van der Waals surface area contributed by atoms with Gasteiger partial charge in [0.05, 0.1) is 25.0 Å². The Balaban J connectivity index is 1.59. The van der Waals surface area contributed by atoms with E-state index < -0.39 is 5.92 Å². The average Bonchev–Trinajstić information content (AvgIpc) is 2.73. The standard InChI is InChI=1S/C15H20F2N4O2/c1-10-4-19-13(5-18-10)14(22)20-6-12(7-20)21-9-15(16,17)3-11(21)8-23-2/h4-5,11-12H,3,6-9H2,1-2H3/t11-/m0/s1. The topological polar surface area (TPSA) is 58.6 Å². The van der Waals surface area contributed by atoms with Crippen molar-refractivity contribution in [2.75, 3.05) is 33.4 Å². The molecule has 1 aromatic rings. The van der Waals surface area contributed by atoms with E-state index in [9.17, 15) is 13.6 Å². The zero-order chi connectivity index (χ0) is 16.6. The summed E-state index contributed by atoms with van der Waals surface area (Å²) in [5.74, 6) is -2.89. The van der Waals surface area contributed by atoms with Crippen molar-refractivity contribution in [3.8, 4) is 0 Å². The van der Waals surface area contributed by atoms with Crippen molar-refractivity contribution in [1.29, 1.82) is 0 Å². The highest BCUT2D eigenvalue weighted by Gasteiger charge is 2.50. The van der Waals surface area contributed by atoms with Gasteiger partial charge in [-0.05, 0) is 6.92 Å². The highest BCUT2D eigenvalue weighted by atomic mass is 19.3. The van der Waals surface area contributed by atoms with E-state index >= 15 is 0 Å². The van der Waals surface area contributed by atoms with Crippen LogP contribution in [0.4, 0.5) is 8.78 Å². The number of hydrogen-bond acceptors (Lipinski definition) is 5. The van der Waals surface area contributed by atoms with Crippen LogP contribution in [0.1, 0.15) is 22.6 Å². The number of nitrogens with zero attached hydrogens (tertiary/aromatic N) is 4. The monoisotopic (exact) mass is 326 g/mol. The highest BCUT2D eigenvalue weighted by Crippen LogP contribution is 2.35. The third kappa shape index (κ3) is 3.32. The van der Waals surface area contributed by atoms with Crippen LogP contribution in [0.3, 0.4) is 0 Å². The Morgan fingerprint density at radius 2 is 2.13 bits per heavy atom. The molecule has 2 aliphatic rings. The van der Waals surface area contributed by atoms with Gasteiger partial charge in [0.2, 0.25) is 0 Å². The Kier molecular flexibility index (Phi) is 4.29. The number of carbonyl (C=O) groups excluding carboxylic acids is 1. The van der Waals surface area contributed by atoms with Gasteiger partial charge in [0.1, 0.15) is 5.69 Å². The van der Waals surface area contributed by atoms with Gasteiger partial charge in [0.15, 0.2) is 0 Å². The van der Waals surface area contributed by atoms with Crippen LogP contribution in [0.2, 0.25) is 0 Å². The van der Waals surface area contributed by atoms with Gasteiger partial charge in [-0.3, -0.25) is 14.7 Å². The molecule has 0 unspecified atom stereocenters. The van der Waals surface area contributed by atoms with Gasteiger partial charge in [0.25, 0.3) is 11.8 Å². The maximum absolute atomic E-state index is 13.7. The summed E-state index contributed by atoms with van der Waals surface area (Å²) in [7, 11) is 1.52. The van der Waals surface area contributed by atoms with E-state index in [-0.39, 0.29) is 43.3 Å². The molecule has 0 radical (unpaired) electrons. The van der Waals surface area contributed by atoms with E-state index in [4.69, 9.17) is 4.74 Å². The number of likely N-dealkylation sites (tertiary alicyclic amines) is 2. The van der Waals surface area contributed by atoms with Gasteiger partial charge in [-0.2, -0.15) is 0 Å². The summed E-state index contributed by atoms with van der Waals surface area (Å²) < 4.78 is 32.4. The number of ether oxygens (including phenoxy) is 1. The average molecular weight is 326 g/mol. The van der Waals surface area contributed by atoms with Crippen LogP contribution in [0.25, 0.3) is 0 Å². The van der Waals surface area contributed by atoms with E-state index in [2.05, 4.69) is 9.97 Å². The molecule has 23 heavy (non-hydrogen) atoms. The molecule has 2 fully saturated rings. The number of rotatable bonds is 4. The number of aromatic nitrogens is 2. The zero-order valence-electron chi connectivity index (χ0n) is 13.2. The number of halogens is 2. The lowest BCUT2D eigenvalue weighted by molar-refractivity contribution is -0.0138. The minimum atomic E-state index is -2.68. The van der Waals surface area contributed by atoms with Crippen molar-refractivity contribution in [3.63, 3.8) is 0 Å². The predicted molar refractivity (Wildman–Crippen MR) is 78.4 cm³/mol. The molecule has 2 aliphatic heterocycles. The predicted octanol–water partition coefficient (Wildman–Crippen LogP) is 0.965. The van der Waals surface area contributed by atoms with Gasteiger partial charge in [0, 0.05) is 44.9 Å². The van der Waals surface area contributed by atoms with Crippen molar-refractivity contribution in [2.24, 2.45) is 0 Å². The summed E-state index contributed by atoms with van der Waals surface area (Å²) in [5, 5.41) is 0. The molecule has 3 rings (SSSR count). The van der Waals surface area contributed by atoms with Crippen molar-refractivity contribution in [3.05, 3.63) is 23.8 Å². The Hall–Kier alpha value is -1.67. The van der Waals surface area contributed by atoms with Crippen LogP contribution >= 0.6 is 0 Å². The summed E-state index contributed by atoms with van der Waals surface area (Å²) in [4.78, 5) is 23.8. The van der Waals surface area contributed by atoms with Crippen LogP contribution in [0.15, 0.2) is 12.4 Å². The number of methoxy groups -OCH3 is 1. The lowest BCUT2D eigenvalue weighted by Gasteiger charge is -2.45. The molecule has 3 heterocycles. The Morgan fingerprint density at radius 3 is 2.74 bits per heavy atom. The molecule has 1 aromatic heterocycles. The molecule has 0 saturated carbocycles. The molecule has 0 aromatic carbocycles. The van der Waals surface area contributed by atoms with E-state index in [0.29, 0.717) is 13.1 Å². The fraction of sp³-hybridized carbons (Fsp3) is 0.667. The molecule has 126 valence electrons. The van der Waals surface area contributed by atoms with Crippen molar-refractivity contribution in [2.45, 2.75) is 31.4 Å². The first-order chi connectivity index (χ1) is 10.9. The van der Waals surface area contributed by atoms with Gasteiger partial charge in [-0.15, -0.1) is 0 Å². The molecule has 0 bridgehead atoms. The van der Waals surface area contributed by atoms with Crippen LogP contribution in [0.5, 0.6) is 0 Å². The first-order valence-electron chi connectivity index (χ1n) is 7.60. The lowest BCUT2D eigenvalue weighted by atomic mass is 10.1. The Labute approximate surface area is 133 Å². The van der Waals surface area contributed by atoms with E-state index in [1.54, 1.807) is 22.9 Å². The summed E-state index contributed by atoms with van der Waals surface area (Å²) in [6, 6.07) is -0.345. The molecule has 1 atom stereocenters. The minimum Gasteiger partial charge on any atom is -0.383 e. The Bertz CT molecular complexity index is 575. The first kappa shape index (κ1) is 16.2. The molecular weight excluding hydrogens is 306 g/mol. The summed E-state index contributed by atoms with van der Waals surface area (Å²) in [6.45, 7) is 2.68. The van der Waals surface area contributed by atoms with Crippen LogP contribution < -0.4 is 0 Å². The molecule has 2 saturated heterocycles. The maximum atomic E-state index is 13.7. The van der Waals surface area contributed by atoms with Crippen molar-refractivity contribution in [1.82, 2.24) is 19.8 Å². The largest absolute Gasteiger partial charge is 0.383 e. The Morgan fingerprint density at radius 1 is 1.39 bits per heavy atom. The highest BCUT2D eigenvalue weighted by molar-refractivity contribution is 5.92. The molecular formula is C15H20F2N4O2. The number of alkyl halides is 2. The second-order valence-electron chi connectivity index (χ2n) is 6.25. The number of amides is 1. The molecule has 0 N–H and O–H groups in total. The molecule has 1 amide bonds. The summed E-state index contributed by atoms with van der Waals surface area (Å²) in [6.07, 6.45) is 2.80. The second kappa shape index (κ2) is 6.09. The zero-order valence-corrected chi connectivity index (χ0v) is 13.2. The summed E-state index contributed by atoms with van der Waals surface area (Å²) in [5.41, 5.74) is 1.03. The van der Waals surface area contributed by atoms with Crippen LogP contribution in [-0.2, 0) is 4.74 Å². The van der Waals surface area contributed by atoms with Gasteiger partial charge in [-0.1, -0.05) is 0 Å². The molecule has 0 spiro atoms. The van der Waals surface area contributed by atoms with Crippen molar-refractivity contribution >= 4 is 5.91 Å². The number of aryl methyl sites for hydroxylation is 1. The third-order valence-electron chi connectivity index (χ3n) is 4.39. The van der Waals surface area contributed by atoms with Crippen LogP contribution in [-0.4, -0.2) is 77.0 Å². The molecule has 6 nitrogen and oxygen atoms in total. The van der Waals surface area contributed by atoms with Gasteiger partial charge >= 0.3 is 0 Å². The maximum Gasteiger partial charge on any atom is 0.274 e. The van der Waals surface area contributed by atoms with Crippen LogP contribution in [0, 0.1) is 6.92 Å². The van der Waals surface area contributed by atoms with Gasteiger partial charge in [-0.25, -0.2) is 13.8 Å². The molecule has 0 aliphatic carbocycles.